The van der Waals surface area contributed by atoms with Crippen LogP contribution in [0.4, 0.5) is 0 Å². The summed E-state index contributed by atoms with van der Waals surface area (Å²) in [5.74, 6) is 0. The van der Waals surface area contributed by atoms with Crippen LogP contribution in [-0.4, -0.2) is 4.86 Å². The number of thiocarbonyl (C=S) groups is 1. The van der Waals surface area contributed by atoms with Gasteiger partial charge in [-0.2, -0.15) is 0 Å². The SMILES string of the molecule is [CH2]CC(=S)c1ccccc1. The summed E-state index contributed by atoms with van der Waals surface area (Å²) in [5.41, 5.74) is 1.12. The second-order valence-electron chi connectivity index (χ2n) is 2.04. The van der Waals surface area contributed by atoms with E-state index in [-0.39, 0.29) is 0 Å². The quantitative estimate of drug-likeness (QED) is 0.460. The van der Waals surface area contributed by atoms with E-state index in [2.05, 4.69) is 6.92 Å². The molecule has 0 N–H and O–H groups in total. The molecule has 0 spiro atoms. The maximum Gasteiger partial charge on any atom is 0.0224 e. The molecule has 0 aromatic heterocycles. The summed E-state index contributed by atoms with van der Waals surface area (Å²) < 4.78 is 0. The van der Waals surface area contributed by atoms with Gasteiger partial charge in [-0.3, -0.25) is 0 Å². The Morgan fingerprint density at radius 3 is 2.40 bits per heavy atom. The van der Waals surface area contributed by atoms with E-state index in [4.69, 9.17) is 12.2 Å². The normalized spacial score (nSPS) is 9.30. The summed E-state index contributed by atoms with van der Waals surface area (Å²) in [4.78, 5) is 0.931. The standard InChI is InChI=1S/C9H9S/c1-2-9(10)8-6-4-3-5-7-8/h3-7H,1-2H2. The molecular formula is C9H9S. The molecule has 0 heterocycles. The Hall–Kier alpha value is -0.690. The zero-order valence-corrected chi connectivity index (χ0v) is 6.53. The second kappa shape index (κ2) is 3.47. The number of benzene rings is 1. The Morgan fingerprint density at radius 2 is 1.90 bits per heavy atom. The molecule has 10 heavy (non-hydrogen) atoms. The van der Waals surface area contributed by atoms with Crippen LogP contribution in [0.3, 0.4) is 0 Å². The van der Waals surface area contributed by atoms with Crippen LogP contribution in [0.2, 0.25) is 0 Å². The van der Waals surface area contributed by atoms with Gasteiger partial charge in [0.1, 0.15) is 0 Å². The molecule has 0 nitrogen and oxygen atoms in total. The molecule has 0 saturated carbocycles. The fourth-order valence-corrected chi connectivity index (χ4v) is 0.904. The van der Waals surface area contributed by atoms with E-state index in [1.165, 1.54) is 0 Å². The third kappa shape index (κ3) is 1.64. The zero-order chi connectivity index (χ0) is 7.40. The van der Waals surface area contributed by atoms with Crippen molar-refractivity contribution < 1.29 is 0 Å². The van der Waals surface area contributed by atoms with E-state index >= 15 is 0 Å². The molecular weight excluding hydrogens is 140 g/mol. The van der Waals surface area contributed by atoms with Crippen molar-refractivity contribution in [2.45, 2.75) is 6.42 Å². The first-order chi connectivity index (χ1) is 4.84. The Labute approximate surface area is 66.9 Å². The summed E-state index contributed by atoms with van der Waals surface area (Å²) in [6, 6.07) is 9.96. The predicted molar refractivity (Wildman–Crippen MR) is 48.1 cm³/mol. The summed E-state index contributed by atoms with van der Waals surface area (Å²) in [7, 11) is 0. The van der Waals surface area contributed by atoms with Gasteiger partial charge in [0.15, 0.2) is 0 Å². The van der Waals surface area contributed by atoms with Gasteiger partial charge in [0.2, 0.25) is 0 Å². The van der Waals surface area contributed by atoms with Crippen molar-refractivity contribution in [3.63, 3.8) is 0 Å². The number of rotatable bonds is 2. The van der Waals surface area contributed by atoms with Gasteiger partial charge in [0.05, 0.1) is 0 Å². The Kier molecular flexibility index (Phi) is 2.57. The smallest absolute Gasteiger partial charge is 0.0224 e. The van der Waals surface area contributed by atoms with E-state index in [0.717, 1.165) is 10.4 Å². The maximum atomic E-state index is 5.06. The molecule has 0 atom stereocenters. The van der Waals surface area contributed by atoms with Crippen molar-refractivity contribution in [2.75, 3.05) is 0 Å². The van der Waals surface area contributed by atoms with Crippen molar-refractivity contribution in [2.24, 2.45) is 0 Å². The Morgan fingerprint density at radius 1 is 1.30 bits per heavy atom. The maximum absolute atomic E-state index is 5.06. The fourth-order valence-electron chi connectivity index (χ4n) is 0.768. The summed E-state index contributed by atoms with van der Waals surface area (Å²) in [6.07, 6.45) is 0.708. The van der Waals surface area contributed by atoms with Crippen molar-refractivity contribution in [1.82, 2.24) is 0 Å². The van der Waals surface area contributed by atoms with Gasteiger partial charge in [-0.25, -0.2) is 0 Å². The van der Waals surface area contributed by atoms with E-state index in [0.29, 0.717) is 6.42 Å². The van der Waals surface area contributed by atoms with Crippen molar-refractivity contribution in [3.05, 3.63) is 42.8 Å². The molecule has 0 amide bonds. The minimum Gasteiger partial charge on any atom is -0.0843 e. The number of hydrogen-bond acceptors (Lipinski definition) is 1. The van der Waals surface area contributed by atoms with Crippen LogP contribution in [0.15, 0.2) is 30.3 Å². The van der Waals surface area contributed by atoms with Gasteiger partial charge in [0, 0.05) is 4.86 Å². The van der Waals surface area contributed by atoms with E-state index in [1.54, 1.807) is 0 Å². The van der Waals surface area contributed by atoms with Gasteiger partial charge >= 0.3 is 0 Å². The highest BCUT2D eigenvalue weighted by molar-refractivity contribution is 7.80. The second-order valence-corrected chi connectivity index (χ2v) is 2.53. The Balaban J connectivity index is 2.85. The first kappa shape index (κ1) is 7.42. The van der Waals surface area contributed by atoms with Crippen molar-refractivity contribution >= 4 is 17.1 Å². The third-order valence-corrected chi connectivity index (χ3v) is 1.76. The highest BCUT2D eigenvalue weighted by Crippen LogP contribution is 2.02. The molecule has 0 aliphatic heterocycles. The lowest BCUT2D eigenvalue weighted by molar-refractivity contribution is 1.50. The number of hydrogen-bond donors (Lipinski definition) is 0. The van der Waals surface area contributed by atoms with Gasteiger partial charge in [0.25, 0.3) is 0 Å². The fraction of sp³-hybridized carbons (Fsp3) is 0.111. The highest BCUT2D eigenvalue weighted by Gasteiger charge is 1.93. The van der Waals surface area contributed by atoms with Crippen LogP contribution < -0.4 is 0 Å². The minimum atomic E-state index is 0.708. The topological polar surface area (TPSA) is 0 Å². The lowest BCUT2D eigenvalue weighted by atomic mass is 10.1. The molecule has 51 valence electrons. The van der Waals surface area contributed by atoms with Crippen LogP contribution >= 0.6 is 12.2 Å². The molecule has 1 rings (SSSR count). The van der Waals surface area contributed by atoms with Crippen LogP contribution in [0, 0.1) is 6.92 Å². The summed E-state index contributed by atoms with van der Waals surface area (Å²) in [6.45, 7) is 3.72. The van der Waals surface area contributed by atoms with Crippen LogP contribution in [0.1, 0.15) is 12.0 Å². The summed E-state index contributed by atoms with van der Waals surface area (Å²) in [5, 5.41) is 0. The van der Waals surface area contributed by atoms with Gasteiger partial charge in [-0.05, 0) is 18.9 Å². The van der Waals surface area contributed by atoms with Crippen LogP contribution in [-0.2, 0) is 0 Å². The molecule has 1 aromatic rings. The van der Waals surface area contributed by atoms with E-state index < -0.39 is 0 Å². The largest absolute Gasteiger partial charge is 0.0843 e. The minimum absolute atomic E-state index is 0.708. The first-order valence-electron chi connectivity index (χ1n) is 3.22. The molecule has 1 aromatic carbocycles. The average molecular weight is 149 g/mol. The van der Waals surface area contributed by atoms with E-state index in [1.807, 2.05) is 30.3 Å². The first-order valence-corrected chi connectivity index (χ1v) is 3.63. The lowest BCUT2D eigenvalue weighted by Gasteiger charge is -1.97. The van der Waals surface area contributed by atoms with Crippen molar-refractivity contribution in [3.8, 4) is 0 Å². The molecule has 0 aliphatic carbocycles. The average Bonchev–Trinajstić information content (AvgIpc) is 2.05. The Bertz CT molecular complexity index is 213. The molecule has 0 unspecified atom stereocenters. The molecule has 0 saturated heterocycles. The van der Waals surface area contributed by atoms with Gasteiger partial charge < -0.3 is 0 Å². The predicted octanol–water partition coefficient (Wildman–Crippen LogP) is 2.63. The van der Waals surface area contributed by atoms with Gasteiger partial charge in [-0.1, -0.05) is 42.5 Å². The molecule has 0 fully saturated rings. The van der Waals surface area contributed by atoms with E-state index in [9.17, 15) is 0 Å². The third-order valence-electron chi connectivity index (χ3n) is 1.32. The zero-order valence-electron chi connectivity index (χ0n) is 5.71. The molecule has 1 radical (unpaired) electrons. The van der Waals surface area contributed by atoms with Crippen LogP contribution in [0.5, 0.6) is 0 Å². The van der Waals surface area contributed by atoms with Gasteiger partial charge in [-0.15, -0.1) is 0 Å². The lowest BCUT2D eigenvalue weighted by Crippen LogP contribution is -1.92. The molecule has 0 bridgehead atoms. The molecule has 1 heteroatoms. The van der Waals surface area contributed by atoms with Crippen LogP contribution in [0.25, 0.3) is 0 Å². The summed E-state index contributed by atoms with van der Waals surface area (Å²) >= 11 is 5.06. The van der Waals surface area contributed by atoms with Crippen molar-refractivity contribution in [1.29, 1.82) is 0 Å². The monoisotopic (exact) mass is 149 g/mol. The highest BCUT2D eigenvalue weighted by atomic mass is 32.1. The molecule has 0 aliphatic rings.